The second kappa shape index (κ2) is 5.18. The van der Waals surface area contributed by atoms with Gasteiger partial charge in [-0.1, -0.05) is 6.07 Å². The van der Waals surface area contributed by atoms with Gasteiger partial charge in [-0.2, -0.15) is 0 Å². The van der Waals surface area contributed by atoms with Gasteiger partial charge in [-0.15, -0.1) is 11.3 Å². The van der Waals surface area contributed by atoms with Gasteiger partial charge in [0.15, 0.2) is 0 Å². The third kappa shape index (κ3) is 2.25. The van der Waals surface area contributed by atoms with E-state index in [1.54, 1.807) is 30.6 Å². The average molecular weight is 298 g/mol. The molecule has 0 aliphatic heterocycles. The number of carbonyl (C=O) groups excluding carboxylic acids is 1. The topological polar surface area (TPSA) is 65.2 Å². The number of fused-ring (bicyclic) bond motifs is 1. The lowest BCUT2D eigenvalue weighted by Crippen LogP contribution is -2.13. The Morgan fingerprint density at radius 3 is 2.81 bits per heavy atom. The average Bonchev–Trinajstić information content (AvgIpc) is 2.93. The number of amides is 1. The molecule has 0 radical (unpaired) electrons. The first-order chi connectivity index (χ1) is 10.1. The van der Waals surface area contributed by atoms with E-state index in [1.165, 1.54) is 0 Å². The molecule has 2 N–H and O–H groups in total. The molecule has 0 bridgehead atoms. The summed E-state index contributed by atoms with van der Waals surface area (Å²) in [5.74, 6) is 0.276. The summed E-state index contributed by atoms with van der Waals surface area (Å²) in [4.78, 5) is 15.9. The smallest absolute Gasteiger partial charge is 0.248 e. The lowest BCUT2D eigenvalue weighted by atomic mass is 9.95. The minimum atomic E-state index is -0.439. The van der Waals surface area contributed by atoms with Crippen LogP contribution in [0.15, 0.2) is 35.8 Å². The molecule has 3 aromatic rings. The zero-order valence-corrected chi connectivity index (χ0v) is 12.5. The summed E-state index contributed by atoms with van der Waals surface area (Å²) in [5.41, 5.74) is 11.4. The van der Waals surface area contributed by atoms with Crippen LogP contribution in [0.25, 0.3) is 21.3 Å². The largest absolute Gasteiger partial charge is 0.496 e. The molecule has 0 saturated heterocycles. The van der Waals surface area contributed by atoms with Crippen LogP contribution in [0.1, 0.15) is 15.9 Å². The fourth-order valence-corrected chi connectivity index (χ4v) is 3.15. The summed E-state index contributed by atoms with van der Waals surface area (Å²) >= 11 is 1.60. The lowest BCUT2D eigenvalue weighted by molar-refractivity contribution is 0.0999. The first-order valence-corrected chi connectivity index (χ1v) is 7.31. The van der Waals surface area contributed by atoms with E-state index < -0.39 is 5.91 Å². The van der Waals surface area contributed by atoms with Crippen molar-refractivity contribution in [2.75, 3.05) is 7.11 Å². The van der Waals surface area contributed by atoms with E-state index in [1.807, 2.05) is 30.6 Å². The molecule has 21 heavy (non-hydrogen) atoms. The standard InChI is InChI=1S/C16H14N2O2S/c1-9-11(16(17)19)4-5-13(20-2)15(9)10-3-6-14-12(7-10)18-8-21-14/h3-8H,1-2H3,(H2,17,19). The molecule has 1 aromatic heterocycles. The van der Waals surface area contributed by atoms with Crippen LogP contribution in [-0.2, 0) is 0 Å². The van der Waals surface area contributed by atoms with E-state index in [0.29, 0.717) is 11.3 Å². The van der Waals surface area contributed by atoms with Crippen LogP contribution in [0.2, 0.25) is 0 Å². The van der Waals surface area contributed by atoms with Gasteiger partial charge in [-0.05, 0) is 42.3 Å². The molecule has 106 valence electrons. The monoisotopic (exact) mass is 298 g/mol. The zero-order chi connectivity index (χ0) is 15.0. The molecule has 0 aliphatic carbocycles. The van der Waals surface area contributed by atoms with Crippen molar-refractivity contribution >= 4 is 27.5 Å². The van der Waals surface area contributed by atoms with E-state index in [9.17, 15) is 4.79 Å². The highest BCUT2D eigenvalue weighted by Gasteiger charge is 2.16. The minimum Gasteiger partial charge on any atom is -0.496 e. The first-order valence-electron chi connectivity index (χ1n) is 6.43. The Labute approximate surface area is 126 Å². The van der Waals surface area contributed by atoms with Crippen molar-refractivity contribution in [3.8, 4) is 16.9 Å². The summed E-state index contributed by atoms with van der Waals surface area (Å²) < 4.78 is 6.57. The molecule has 0 aliphatic rings. The number of aromatic nitrogens is 1. The molecule has 4 nitrogen and oxygen atoms in total. The third-order valence-electron chi connectivity index (χ3n) is 3.53. The van der Waals surface area contributed by atoms with Gasteiger partial charge in [0.25, 0.3) is 0 Å². The van der Waals surface area contributed by atoms with Gasteiger partial charge in [0.2, 0.25) is 5.91 Å². The Hall–Kier alpha value is -2.40. The van der Waals surface area contributed by atoms with E-state index in [-0.39, 0.29) is 0 Å². The molecule has 0 saturated carbocycles. The van der Waals surface area contributed by atoms with Crippen LogP contribution >= 0.6 is 11.3 Å². The molecule has 5 heteroatoms. The van der Waals surface area contributed by atoms with Crippen molar-refractivity contribution in [1.82, 2.24) is 4.98 Å². The van der Waals surface area contributed by atoms with E-state index in [4.69, 9.17) is 10.5 Å². The van der Waals surface area contributed by atoms with Crippen molar-refractivity contribution in [3.05, 3.63) is 47.0 Å². The Balaban J connectivity index is 2.28. The van der Waals surface area contributed by atoms with E-state index in [0.717, 1.165) is 26.9 Å². The number of primary amides is 1. The van der Waals surface area contributed by atoms with Crippen LogP contribution in [0.5, 0.6) is 5.75 Å². The summed E-state index contributed by atoms with van der Waals surface area (Å²) in [6, 6.07) is 9.50. The second-order valence-electron chi connectivity index (χ2n) is 4.71. The molecule has 0 spiro atoms. The molecular weight excluding hydrogens is 284 g/mol. The van der Waals surface area contributed by atoms with Crippen LogP contribution < -0.4 is 10.5 Å². The van der Waals surface area contributed by atoms with Crippen molar-refractivity contribution in [2.45, 2.75) is 6.92 Å². The number of ether oxygens (including phenoxy) is 1. The Morgan fingerprint density at radius 2 is 2.10 bits per heavy atom. The highest BCUT2D eigenvalue weighted by Crippen LogP contribution is 2.36. The number of hydrogen-bond acceptors (Lipinski definition) is 4. The molecular formula is C16H14N2O2S. The van der Waals surface area contributed by atoms with Gasteiger partial charge in [0.05, 0.1) is 22.8 Å². The van der Waals surface area contributed by atoms with Gasteiger partial charge in [-0.25, -0.2) is 4.98 Å². The summed E-state index contributed by atoms with van der Waals surface area (Å²) in [5, 5.41) is 0. The number of methoxy groups -OCH3 is 1. The van der Waals surface area contributed by atoms with Crippen LogP contribution in [-0.4, -0.2) is 18.0 Å². The van der Waals surface area contributed by atoms with E-state index >= 15 is 0 Å². The van der Waals surface area contributed by atoms with Crippen LogP contribution in [0, 0.1) is 6.92 Å². The Kier molecular flexibility index (Phi) is 3.35. The highest BCUT2D eigenvalue weighted by atomic mass is 32.1. The molecule has 3 rings (SSSR count). The predicted molar refractivity (Wildman–Crippen MR) is 84.9 cm³/mol. The zero-order valence-electron chi connectivity index (χ0n) is 11.7. The fourth-order valence-electron chi connectivity index (χ4n) is 2.50. The quantitative estimate of drug-likeness (QED) is 0.806. The van der Waals surface area contributed by atoms with Crippen LogP contribution in [0.4, 0.5) is 0 Å². The SMILES string of the molecule is COc1ccc(C(N)=O)c(C)c1-c1ccc2scnc2c1. The maximum Gasteiger partial charge on any atom is 0.248 e. The van der Waals surface area contributed by atoms with Gasteiger partial charge in [0.1, 0.15) is 5.75 Å². The predicted octanol–water partition coefficient (Wildman–Crippen LogP) is 3.38. The molecule has 0 atom stereocenters. The van der Waals surface area contributed by atoms with Crippen molar-refractivity contribution in [2.24, 2.45) is 5.73 Å². The van der Waals surface area contributed by atoms with Crippen molar-refractivity contribution in [1.29, 1.82) is 0 Å². The summed E-state index contributed by atoms with van der Waals surface area (Å²) in [6.07, 6.45) is 0. The second-order valence-corrected chi connectivity index (χ2v) is 5.60. The molecule has 1 amide bonds. The third-order valence-corrected chi connectivity index (χ3v) is 4.34. The number of benzene rings is 2. The maximum atomic E-state index is 11.5. The first kappa shape index (κ1) is 13.6. The van der Waals surface area contributed by atoms with Gasteiger partial charge >= 0.3 is 0 Å². The van der Waals surface area contributed by atoms with Gasteiger partial charge in [0, 0.05) is 11.1 Å². The van der Waals surface area contributed by atoms with E-state index in [2.05, 4.69) is 4.98 Å². The Morgan fingerprint density at radius 1 is 1.29 bits per heavy atom. The molecule has 1 heterocycles. The fraction of sp³-hybridized carbons (Fsp3) is 0.125. The summed E-state index contributed by atoms with van der Waals surface area (Å²) in [7, 11) is 1.61. The van der Waals surface area contributed by atoms with Gasteiger partial charge < -0.3 is 10.5 Å². The Bertz CT molecular complexity index is 839. The van der Waals surface area contributed by atoms with Crippen molar-refractivity contribution < 1.29 is 9.53 Å². The number of hydrogen-bond donors (Lipinski definition) is 1. The number of nitrogens with zero attached hydrogens (tertiary/aromatic N) is 1. The highest BCUT2D eigenvalue weighted by molar-refractivity contribution is 7.16. The minimum absolute atomic E-state index is 0.439. The normalized spacial score (nSPS) is 10.8. The lowest BCUT2D eigenvalue weighted by Gasteiger charge is -2.14. The molecule has 0 unspecified atom stereocenters. The summed E-state index contributed by atoms with van der Waals surface area (Å²) in [6.45, 7) is 1.88. The number of carbonyl (C=O) groups is 1. The van der Waals surface area contributed by atoms with Crippen molar-refractivity contribution in [3.63, 3.8) is 0 Å². The number of nitrogens with two attached hydrogens (primary N) is 1. The number of rotatable bonds is 3. The maximum absolute atomic E-state index is 11.5. The van der Waals surface area contributed by atoms with Crippen LogP contribution in [0.3, 0.4) is 0 Å². The van der Waals surface area contributed by atoms with Gasteiger partial charge in [-0.3, -0.25) is 4.79 Å². The molecule has 2 aromatic carbocycles. The molecule has 0 fully saturated rings. The number of thiazole rings is 1.